The number of benzene rings is 1. The quantitative estimate of drug-likeness (QED) is 0.303. The number of nitrogens with zero attached hydrogens (tertiary/aromatic N) is 4. The van der Waals surface area contributed by atoms with Gasteiger partial charge in [0.15, 0.2) is 0 Å². The Balaban J connectivity index is 0.000000422. The summed E-state index contributed by atoms with van der Waals surface area (Å²) in [6, 6.07) is 3.71. The smallest absolute Gasteiger partial charge is 0.590 e. The molecule has 0 aliphatic heterocycles. The number of hydrogen-bond donors (Lipinski definition) is 0. The van der Waals surface area contributed by atoms with E-state index >= 15 is 0 Å². The van der Waals surface area contributed by atoms with Crippen LogP contribution in [-0.2, 0) is 5.54 Å². The molecule has 0 spiro atoms. The second-order valence-electron chi connectivity index (χ2n) is 5.53. The molecule has 1 aromatic carbocycles. The van der Waals surface area contributed by atoms with Crippen molar-refractivity contribution in [3.8, 4) is 0 Å². The van der Waals surface area contributed by atoms with E-state index in [1.54, 1.807) is 6.07 Å². The first kappa shape index (κ1) is 18.5. The van der Waals surface area contributed by atoms with Crippen molar-refractivity contribution in [1.29, 1.82) is 0 Å². The van der Waals surface area contributed by atoms with Gasteiger partial charge in [-0.1, -0.05) is 0 Å². The molecular weight excluding hydrogens is 371 g/mol. The van der Waals surface area contributed by atoms with Gasteiger partial charge in [0.2, 0.25) is 11.1 Å². The lowest BCUT2D eigenvalue weighted by molar-refractivity contribution is -0.941. The molecule has 5 nitrogen and oxygen atoms in total. The normalized spacial score (nSPS) is 12.0. The van der Waals surface area contributed by atoms with Crippen LogP contribution in [0.5, 0.6) is 0 Å². The van der Waals surface area contributed by atoms with Crippen LogP contribution in [0.1, 0.15) is 26.3 Å². The van der Waals surface area contributed by atoms with Crippen LogP contribution in [-0.4, -0.2) is 17.6 Å². The van der Waals surface area contributed by atoms with E-state index in [0.29, 0.717) is 15.9 Å². The molecule has 0 radical (unpaired) electrons. The fourth-order valence-electron chi connectivity index (χ4n) is 1.49. The monoisotopic (exact) mass is 384 g/mol. The van der Waals surface area contributed by atoms with Gasteiger partial charge in [0.05, 0.1) is 9.27 Å². The maximum absolute atomic E-state index is 11.9. The van der Waals surface area contributed by atoms with E-state index in [0.717, 1.165) is 10.0 Å². The van der Waals surface area contributed by atoms with Crippen LogP contribution in [0.25, 0.3) is 11.0 Å². The van der Waals surface area contributed by atoms with Gasteiger partial charge in [-0.3, -0.25) is 0 Å². The fraction of sp³-hybridized carbons (Fsp3) is 0.455. The van der Waals surface area contributed by atoms with Crippen LogP contribution in [0.4, 0.5) is 17.3 Å². The third-order valence-electron chi connectivity index (χ3n) is 2.35. The highest BCUT2D eigenvalue weighted by molar-refractivity contribution is 9.10. The van der Waals surface area contributed by atoms with E-state index in [9.17, 15) is 22.5 Å². The van der Waals surface area contributed by atoms with Crippen molar-refractivity contribution in [2.75, 3.05) is 0 Å². The number of hydrogen-bond acceptors (Lipinski definition) is 3. The maximum Gasteiger partial charge on any atom is 0.673 e. The van der Waals surface area contributed by atoms with E-state index < -0.39 is 7.25 Å². The first-order chi connectivity index (χ1) is 9.79. The van der Waals surface area contributed by atoms with Crippen LogP contribution in [0.3, 0.4) is 0 Å². The van der Waals surface area contributed by atoms with Gasteiger partial charge in [0.1, 0.15) is 0 Å². The Labute approximate surface area is 132 Å². The SMILES string of the molecule is Cc1cc(Br)c2n[n+](C(C)(C)C)n[n+]([O-])c2c1.F[B-](F)(F)F. The van der Waals surface area contributed by atoms with Gasteiger partial charge in [-0.25, -0.2) is 0 Å². The molecule has 0 atom stereocenters. The van der Waals surface area contributed by atoms with Gasteiger partial charge in [-0.15, -0.1) is 0 Å². The highest BCUT2D eigenvalue weighted by atomic mass is 79.9. The third kappa shape index (κ3) is 5.36. The van der Waals surface area contributed by atoms with Gasteiger partial charge in [-0.2, -0.15) is 0 Å². The number of rotatable bonds is 0. The second-order valence-corrected chi connectivity index (χ2v) is 6.39. The van der Waals surface area contributed by atoms with Crippen molar-refractivity contribution < 1.29 is 26.9 Å². The van der Waals surface area contributed by atoms with Crippen LogP contribution in [0.2, 0.25) is 0 Å². The van der Waals surface area contributed by atoms with Crippen molar-refractivity contribution in [2.24, 2.45) is 0 Å². The summed E-state index contributed by atoms with van der Waals surface area (Å²) in [7, 11) is -6.00. The van der Waals surface area contributed by atoms with Crippen LogP contribution >= 0.6 is 15.9 Å². The molecule has 0 bridgehead atoms. The topological polar surface area (TPSA) is 56.6 Å². The Morgan fingerprint density at radius 3 is 2.14 bits per heavy atom. The molecule has 122 valence electrons. The minimum Gasteiger partial charge on any atom is -0.590 e. The first-order valence-corrected chi connectivity index (χ1v) is 6.96. The Kier molecular flexibility index (Phi) is 5.32. The summed E-state index contributed by atoms with van der Waals surface area (Å²) in [5.74, 6) is 0. The molecule has 22 heavy (non-hydrogen) atoms. The van der Waals surface area contributed by atoms with Crippen molar-refractivity contribution in [1.82, 2.24) is 10.3 Å². The van der Waals surface area contributed by atoms with Crippen molar-refractivity contribution in [3.63, 3.8) is 0 Å². The average Bonchev–Trinajstić information content (AvgIpc) is 2.26. The minimum atomic E-state index is -6.00. The third-order valence-corrected chi connectivity index (χ3v) is 2.96. The molecule has 0 saturated heterocycles. The standard InChI is InChI=1S/C11H14BrN4O.BF4/c1-7-5-8(12)10-9(6-7)15(17)14-16(13-10)11(2,3)4;2-1(3,4)5/h5-6H,1-4H3;/q+1;-1. The first-order valence-electron chi connectivity index (χ1n) is 6.17. The van der Waals surface area contributed by atoms with Crippen LogP contribution < -0.4 is 9.64 Å². The summed E-state index contributed by atoms with van der Waals surface area (Å²) in [6.45, 7) is 7.76. The van der Waals surface area contributed by atoms with E-state index in [-0.39, 0.29) is 5.54 Å². The number of aryl methyl sites for hydroxylation is 1. The molecule has 0 fully saturated rings. The number of aromatic nitrogens is 4. The summed E-state index contributed by atoms with van der Waals surface area (Å²) in [6.07, 6.45) is 0. The molecule has 2 aromatic rings. The molecule has 11 heteroatoms. The fourth-order valence-corrected chi connectivity index (χ4v) is 2.13. The van der Waals surface area contributed by atoms with Gasteiger partial charge >= 0.3 is 12.5 Å². The Morgan fingerprint density at radius 1 is 1.18 bits per heavy atom. The lowest BCUT2D eigenvalue weighted by Gasteiger charge is -2.07. The zero-order valence-electron chi connectivity index (χ0n) is 12.3. The maximum atomic E-state index is 11.9. The molecule has 1 aromatic heterocycles. The summed E-state index contributed by atoms with van der Waals surface area (Å²) >= 11 is 3.43. The van der Waals surface area contributed by atoms with E-state index in [2.05, 4.69) is 26.2 Å². The van der Waals surface area contributed by atoms with Gasteiger partial charge < -0.3 is 22.5 Å². The molecular formula is C11H14BBrF4N4O. The Morgan fingerprint density at radius 2 is 1.68 bits per heavy atom. The Hall–Kier alpha value is -1.52. The lowest BCUT2D eigenvalue weighted by atomic mass is 10.1. The van der Waals surface area contributed by atoms with Crippen molar-refractivity contribution in [3.05, 3.63) is 27.4 Å². The van der Waals surface area contributed by atoms with Crippen LogP contribution in [0, 0.1) is 12.1 Å². The summed E-state index contributed by atoms with van der Waals surface area (Å²) in [5.41, 5.74) is 1.75. The molecule has 2 rings (SSSR count). The van der Waals surface area contributed by atoms with Gasteiger partial charge in [0.25, 0.3) is 5.52 Å². The zero-order valence-corrected chi connectivity index (χ0v) is 13.9. The molecule has 0 aliphatic carbocycles. The molecule has 0 amide bonds. The molecule has 0 aliphatic rings. The van der Waals surface area contributed by atoms with Gasteiger partial charge in [-0.05, 0) is 34.5 Å². The van der Waals surface area contributed by atoms with E-state index in [1.807, 2.05) is 33.8 Å². The largest absolute Gasteiger partial charge is 0.673 e. The highest BCUT2D eigenvalue weighted by Gasteiger charge is 2.31. The summed E-state index contributed by atoms with van der Waals surface area (Å²) < 4.78 is 39.8. The minimum absolute atomic E-state index is 0.329. The molecule has 1 heterocycles. The number of fused-ring (bicyclic) bond motifs is 1. The van der Waals surface area contributed by atoms with Gasteiger partial charge in [0, 0.05) is 36.8 Å². The molecule has 0 N–H and O–H groups in total. The summed E-state index contributed by atoms with van der Waals surface area (Å²) in [5, 5.41) is 20.2. The molecule has 0 saturated carbocycles. The Bertz CT molecular complexity index is 684. The molecule has 0 unspecified atom stereocenters. The van der Waals surface area contributed by atoms with E-state index in [1.165, 1.54) is 4.80 Å². The predicted octanol–water partition coefficient (Wildman–Crippen LogP) is 2.68. The average molecular weight is 385 g/mol. The van der Waals surface area contributed by atoms with Crippen LogP contribution in [0.15, 0.2) is 16.6 Å². The van der Waals surface area contributed by atoms with Crippen molar-refractivity contribution in [2.45, 2.75) is 33.2 Å². The van der Waals surface area contributed by atoms with E-state index in [4.69, 9.17) is 0 Å². The highest BCUT2D eigenvalue weighted by Crippen LogP contribution is 2.20. The predicted molar refractivity (Wildman–Crippen MR) is 76.3 cm³/mol. The number of halogens is 5. The lowest BCUT2D eigenvalue weighted by Crippen LogP contribution is -2.62. The second kappa shape index (κ2) is 6.31. The zero-order chi connectivity index (χ0) is 17.3. The summed E-state index contributed by atoms with van der Waals surface area (Å²) in [4.78, 5) is 2.05. The van der Waals surface area contributed by atoms with Crippen molar-refractivity contribution >= 4 is 34.2 Å².